The Morgan fingerprint density at radius 1 is 1.41 bits per heavy atom. The van der Waals surface area contributed by atoms with E-state index in [1.165, 1.54) is 12.8 Å². The average molecular weight is 313 g/mol. The van der Waals surface area contributed by atoms with Gasteiger partial charge in [0.25, 0.3) is 0 Å². The van der Waals surface area contributed by atoms with Gasteiger partial charge in [-0.15, -0.1) is 11.3 Å². The van der Waals surface area contributed by atoms with Crippen molar-refractivity contribution in [1.82, 2.24) is 4.68 Å². The van der Waals surface area contributed by atoms with Crippen LogP contribution in [0.25, 0.3) is 11.5 Å². The average Bonchev–Trinajstić information content (AvgIpc) is 3.29. The molecule has 0 amide bonds. The van der Waals surface area contributed by atoms with Crippen molar-refractivity contribution in [1.29, 1.82) is 0 Å². The first-order valence-corrected chi connectivity index (χ1v) is 8.71. The molecule has 114 valence electrons. The van der Waals surface area contributed by atoms with Crippen LogP contribution in [-0.2, 0) is 0 Å². The van der Waals surface area contributed by atoms with Crippen LogP contribution in [0, 0.1) is 17.8 Å². The highest BCUT2D eigenvalue weighted by molar-refractivity contribution is 7.07. The van der Waals surface area contributed by atoms with Gasteiger partial charge >= 0.3 is 0 Å². The van der Waals surface area contributed by atoms with Crippen molar-refractivity contribution in [3.05, 3.63) is 40.7 Å². The van der Waals surface area contributed by atoms with Crippen LogP contribution in [0.1, 0.15) is 19.8 Å². The maximum atomic E-state index is 5.53. The lowest BCUT2D eigenvalue weighted by molar-refractivity contribution is 0.572. The van der Waals surface area contributed by atoms with E-state index < -0.39 is 0 Å². The fourth-order valence-electron chi connectivity index (χ4n) is 3.40. The van der Waals surface area contributed by atoms with Gasteiger partial charge in [0.05, 0.1) is 6.26 Å². The van der Waals surface area contributed by atoms with Crippen LogP contribution in [-0.4, -0.2) is 17.4 Å². The zero-order chi connectivity index (χ0) is 14.9. The van der Waals surface area contributed by atoms with Gasteiger partial charge in [0.2, 0.25) is 4.80 Å². The number of thiazole rings is 1. The van der Waals surface area contributed by atoms with Crippen LogP contribution in [0.4, 0.5) is 0 Å². The highest BCUT2D eigenvalue weighted by Crippen LogP contribution is 2.42. The Kier molecular flexibility index (Phi) is 3.58. The Balaban J connectivity index is 1.69. The molecule has 0 aromatic carbocycles. The molecule has 0 radical (unpaired) electrons. The quantitative estimate of drug-likeness (QED) is 0.626. The first kappa shape index (κ1) is 13.8. The minimum absolute atomic E-state index is 0.557. The Morgan fingerprint density at radius 3 is 3.05 bits per heavy atom. The zero-order valence-electron chi connectivity index (χ0n) is 12.6. The normalized spacial score (nSPS) is 27.5. The number of hydrogen-bond acceptors (Lipinski definition) is 4. The minimum Gasteiger partial charge on any atom is -0.463 e. The van der Waals surface area contributed by atoms with Crippen molar-refractivity contribution in [3.63, 3.8) is 0 Å². The van der Waals surface area contributed by atoms with Gasteiger partial charge in [-0.1, -0.05) is 12.2 Å². The van der Waals surface area contributed by atoms with Gasteiger partial charge < -0.3 is 4.42 Å². The van der Waals surface area contributed by atoms with Gasteiger partial charge in [-0.3, -0.25) is 4.99 Å². The summed E-state index contributed by atoms with van der Waals surface area (Å²) in [5, 5.41) is 6.82. The summed E-state index contributed by atoms with van der Waals surface area (Å²) in [5.74, 6) is 2.82. The molecule has 3 unspecified atom stereocenters. The third-order valence-corrected chi connectivity index (χ3v) is 5.31. The molecule has 0 saturated heterocycles. The second-order valence-electron chi connectivity index (χ2n) is 5.88. The highest BCUT2D eigenvalue weighted by Gasteiger charge is 2.34. The third kappa shape index (κ3) is 2.39. The van der Waals surface area contributed by atoms with Crippen LogP contribution < -0.4 is 4.80 Å². The number of aromatic nitrogens is 1. The van der Waals surface area contributed by atoms with E-state index >= 15 is 0 Å². The maximum absolute atomic E-state index is 5.53. The summed E-state index contributed by atoms with van der Waals surface area (Å²) in [4.78, 5) is 5.46. The van der Waals surface area contributed by atoms with Gasteiger partial charge in [0, 0.05) is 24.1 Å². The molecule has 0 N–H and O–H groups in total. The van der Waals surface area contributed by atoms with E-state index in [1.807, 2.05) is 23.7 Å². The third-order valence-electron chi connectivity index (χ3n) is 4.46. The van der Waals surface area contributed by atoms with Crippen LogP contribution in [0.15, 0.2) is 50.4 Å². The lowest BCUT2D eigenvalue weighted by Crippen LogP contribution is -2.15. The lowest BCUT2D eigenvalue weighted by Gasteiger charge is -2.12. The molecule has 4 rings (SSSR count). The fourth-order valence-corrected chi connectivity index (χ4v) is 4.28. The smallest absolute Gasteiger partial charge is 0.206 e. The summed E-state index contributed by atoms with van der Waals surface area (Å²) in [6, 6.07) is 3.86. The zero-order valence-corrected chi connectivity index (χ0v) is 13.4. The van der Waals surface area contributed by atoms with Crippen LogP contribution in [0.5, 0.6) is 0 Å². The monoisotopic (exact) mass is 313 g/mol. The SMILES string of the molecule is CCN=c1scc(-c2ccco2)n1N=CC1CC2C=CC1C2. The lowest BCUT2D eigenvalue weighted by atomic mass is 9.95. The predicted octanol–water partition coefficient (Wildman–Crippen LogP) is 3.78. The predicted molar refractivity (Wildman–Crippen MR) is 88.8 cm³/mol. The molecule has 3 atom stereocenters. The van der Waals surface area contributed by atoms with Crippen LogP contribution >= 0.6 is 11.3 Å². The molecule has 4 nitrogen and oxygen atoms in total. The Bertz CT molecular complexity index is 766. The summed E-state index contributed by atoms with van der Waals surface area (Å²) in [7, 11) is 0. The Hall–Kier alpha value is -1.88. The van der Waals surface area contributed by atoms with Crippen molar-refractivity contribution in [3.8, 4) is 11.5 Å². The van der Waals surface area contributed by atoms with E-state index in [0.717, 1.165) is 28.7 Å². The largest absolute Gasteiger partial charge is 0.463 e. The van der Waals surface area contributed by atoms with E-state index in [1.54, 1.807) is 17.6 Å². The van der Waals surface area contributed by atoms with Crippen molar-refractivity contribution in [2.45, 2.75) is 19.8 Å². The molecule has 2 aliphatic rings. The standard InChI is InChI=1S/C17H19N3OS/c1-2-18-17-20(15(11-22-17)16-4-3-7-21-16)19-10-14-9-12-5-6-13(14)8-12/h3-7,10-14H,2,8-9H2,1H3. The van der Waals surface area contributed by atoms with Gasteiger partial charge in [-0.05, 0) is 43.7 Å². The molecule has 2 bridgehead atoms. The summed E-state index contributed by atoms with van der Waals surface area (Å²) >= 11 is 1.61. The topological polar surface area (TPSA) is 42.8 Å². The highest BCUT2D eigenvalue weighted by atomic mass is 32.1. The Labute approximate surface area is 133 Å². The molecule has 2 aliphatic carbocycles. The molecule has 1 fully saturated rings. The van der Waals surface area contributed by atoms with Gasteiger partial charge in [0.15, 0.2) is 5.76 Å². The molecule has 2 aromatic rings. The first-order chi connectivity index (χ1) is 10.8. The summed E-state index contributed by atoms with van der Waals surface area (Å²) in [5.41, 5.74) is 0.970. The minimum atomic E-state index is 0.557. The molecule has 2 heterocycles. The Morgan fingerprint density at radius 2 is 2.36 bits per heavy atom. The summed E-state index contributed by atoms with van der Waals surface area (Å²) in [6.45, 7) is 2.80. The summed E-state index contributed by atoms with van der Waals surface area (Å²) in [6.07, 6.45) is 11.0. The second-order valence-corrected chi connectivity index (χ2v) is 6.71. The van der Waals surface area contributed by atoms with Crippen molar-refractivity contribution in [2.24, 2.45) is 27.8 Å². The van der Waals surface area contributed by atoms with E-state index in [4.69, 9.17) is 9.52 Å². The van der Waals surface area contributed by atoms with E-state index in [2.05, 4.69) is 28.7 Å². The number of allylic oxidation sites excluding steroid dienone is 2. The molecule has 0 spiro atoms. The van der Waals surface area contributed by atoms with E-state index in [0.29, 0.717) is 11.8 Å². The molecule has 22 heavy (non-hydrogen) atoms. The molecule has 2 aromatic heterocycles. The molecule has 5 heteroatoms. The van der Waals surface area contributed by atoms with Gasteiger partial charge in [0.1, 0.15) is 5.69 Å². The fraction of sp³-hybridized carbons (Fsp3) is 0.412. The van der Waals surface area contributed by atoms with Crippen molar-refractivity contribution < 1.29 is 4.42 Å². The molecular formula is C17H19N3OS. The number of fused-ring (bicyclic) bond motifs is 2. The first-order valence-electron chi connectivity index (χ1n) is 7.83. The number of rotatable bonds is 4. The number of nitrogens with zero attached hydrogens (tertiary/aromatic N) is 3. The van der Waals surface area contributed by atoms with Gasteiger partial charge in [-0.2, -0.15) is 5.10 Å². The molecular weight excluding hydrogens is 294 g/mol. The van der Waals surface area contributed by atoms with Crippen molar-refractivity contribution >= 4 is 17.6 Å². The number of hydrogen-bond donors (Lipinski definition) is 0. The van der Waals surface area contributed by atoms with E-state index in [9.17, 15) is 0 Å². The number of furan rings is 1. The van der Waals surface area contributed by atoms with Crippen molar-refractivity contribution in [2.75, 3.05) is 6.54 Å². The maximum Gasteiger partial charge on any atom is 0.206 e. The molecule has 0 aliphatic heterocycles. The van der Waals surface area contributed by atoms with Gasteiger partial charge in [-0.25, -0.2) is 4.68 Å². The van der Waals surface area contributed by atoms with Crippen LogP contribution in [0.3, 0.4) is 0 Å². The summed E-state index contributed by atoms with van der Waals surface area (Å²) < 4.78 is 7.45. The van der Waals surface area contributed by atoms with Crippen LogP contribution in [0.2, 0.25) is 0 Å². The molecule has 1 saturated carbocycles. The van der Waals surface area contributed by atoms with E-state index in [-0.39, 0.29) is 0 Å². The second kappa shape index (κ2) is 5.72.